The molecule has 0 radical (unpaired) electrons. The minimum Gasteiger partial charge on any atom is -0.397 e. The summed E-state index contributed by atoms with van der Waals surface area (Å²) in [6, 6.07) is 10.2. The molecular weight excluding hydrogens is 412 g/mol. The van der Waals surface area contributed by atoms with Crippen molar-refractivity contribution in [1.29, 1.82) is 0 Å². The van der Waals surface area contributed by atoms with Crippen LogP contribution in [0.2, 0.25) is 0 Å². The summed E-state index contributed by atoms with van der Waals surface area (Å²) in [5, 5.41) is 3.33. The van der Waals surface area contributed by atoms with Gasteiger partial charge in [0.05, 0.1) is 28.0 Å². The minimum atomic E-state index is -0.585. The molecule has 2 heteroatoms. The van der Waals surface area contributed by atoms with Crippen molar-refractivity contribution in [3.63, 3.8) is 0 Å². The van der Waals surface area contributed by atoms with Crippen molar-refractivity contribution in [3.05, 3.63) is 102 Å². The fraction of sp³-hybridized carbons (Fsp3) is 0.250. The van der Waals surface area contributed by atoms with Crippen LogP contribution >= 0.6 is 0 Å². The number of nitrogen functional groups attached to an aromatic ring is 1. The molecule has 4 aromatic carbocycles. The summed E-state index contributed by atoms with van der Waals surface area (Å²) >= 11 is 0. The fourth-order valence-corrected chi connectivity index (χ4v) is 3.59. The van der Waals surface area contributed by atoms with Crippen LogP contribution in [-0.4, -0.2) is 0 Å². The first-order valence-corrected chi connectivity index (χ1v) is 11.4. The molecule has 34 heavy (non-hydrogen) atoms. The zero-order valence-corrected chi connectivity index (χ0v) is 20.6. The molecule has 0 aliphatic rings. The van der Waals surface area contributed by atoms with Crippen molar-refractivity contribution in [2.75, 3.05) is 11.1 Å². The Labute approximate surface area is 216 Å². The lowest BCUT2D eigenvalue weighted by Gasteiger charge is -2.27. The number of benzene rings is 4. The normalized spacial score (nSPS) is 15.2. The highest BCUT2D eigenvalue weighted by molar-refractivity contribution is 5.94. The van der Waals surface area contributed by atoms with Gasteiger partial charge in [-0.05, 0) is 45.2 Å². The zero-order chi connectivity index (χ0) is 31.5. The summed E-state index contributed by atoms with van der Waals surface area (Å²) in [5.41, 5.74) is 8.40. The first-order chi connectivity index (χ1) is 19.4. The van der Waals surface area contributed by atoms with Crippen molar-refractivity contribution in [3.8, 4) is 22.3 Å². The third-order valence-corrected chi connectivity index (χ3v) is 5.57. The van der Waals surface area contributed by atoms with Gasteiger partial charge in [0.2, 0.25) is 0 Å². The third-order valence-electron chi connectivity index (χ3n) is 5.57. The topological polar surface area (TPSA) is 38.0 Å². The molecule has 0 unspecified atom stereocenters. The van der Waals surface area contributed by atoms with Crippen LogP contribution in [0.25, 0.3) is 22.3 Å². The van der Waals surface area contributed by atoms with E-state index in [-0.39, 0.29) is 41.3 Å². The lowest BCUT2D eigenvalue weighted by Crippen LogP contribution is -2.16. The highest BCUT2D eigenvalue weighted by atomic mass is 14.9. The van der Waals surface area contributed by atoms with Crippen LogP contribution in [-0.2, 0) is 10.8 Å². The Kier molecular flexibility index (Phi) is 4.09. The van der Waals surface area contributed by atoms with Gasteiger partial charge < -0.3 is 11.1 Å². The van der Waals surface area contributed by atoms with Gasteiger partial charge in [0.1, 0.15) is 0 Å². The number of nitrogens with two attached hydrogens (primary N) is 1. The molecule has 3 N–H and O–H groups in total. The second-order valence-electron chi connectivity index (χ2n) is 10.4. The molecule has 0 spiro atoms. The van der Waals surface area contributed by atoms with E-state index >= 15 is 0 Å². The van der Waals surface area contributed by atoms with E-state index in [0.29, 0.717) is 39.3 Å². The van der Waals surface area contributed by atoms with Crippen LogP contribution in [0.3, 0.4) is 0 Å². The Morgan fingerprint density at radius 1 is 0.676 bits per heavy atom. The van der Waals surface area contributed by atoms with Crippen LogP contribution in [0.5, 0.6) is 0 Å². The molecule has 0 bridgehead atoms. The van der Waals surface area contributed by atoms with Gasteiger partial charge in [0, 0.05) is 11.1 Å². The van der Waals surface area contributed by atoms with Gasteiger partial charge in [0.25, 0.3) is 0 Å². The molecule has 4 aromatic rings. The average molecular weight is 457 g/mol. The van der Waals surface area contributed by atoms with Crippen molar-refractivity contribution < 1.29 is 11.0 Å². The maximum absolute atomic E-state index is 9.35. The zero-order valence-electron chi connectivity index (χ0n) is 28.6. The Bertz CT molecular complexity index is 1650. The summed E-state index contributed by atoms with van der Waals surface area (Å²) in [5.74, 6) is 0. The van der Waals surface area contributed by atoms with Gasteiger partial charge in [-0.15, -0.1) is 0 Å². The highest BCUT2D eigenvalue weighted by Gasteiger charge is 2.22. The smallest absolute Gasteiger partial charge is 0.0632 e. The van der Waals surface area contributed by atoms with Crippen LogP contribution in [0.15, 0.2) is 90.8 Å². The molecular formula is C32H36N2. The van der Waals surface area contributed by atoms with Crippen molar-refractivity contribution in [2.24, 2.45) is 0 Å². The molecule has 0 atom stereocenters. The van der Waals surface area contributed by atoms with E-state index < -0.39 is 29.0 Å². The number of anilines is 3. The third kappa shape index (κ3) is 5.02. The minimum absolute atomic E-state index is 0.0119. The largest absolute Gasteiger partial charge is 0.397 e. The van der Waals surface area contributed by atoms with E-state index in [2.05, 4.69) is 5.32 Å². The maximum Gasteiger partial charge on any atom is 0.0632 e. The number of hydrogen-bond acceptors (Lipinski definition) is 2. The second kappa shape index (κ2) is 9.02. The fourth-order valence-electron chi connectivity index (χ4n) is 3.59. The van der Waals surface area contributed by atoms with Crippen molar-refractivity contribution >= 4 is 17.1 Å². The molecule has 4 rings (SSSR count). The summed E-state index contributed by atoms with van der Waals surface area (Å²) in [6.45, 7) is 11.6. The number of para-hydroxylation sites is 3. The molecule has 0 heterocycles. The molecule has 0 saturated heterocycles. The average Bonchev–Trinajstić information content (AvgIpc) is 2.87. The lowest BCUT2D eigenvalue weighted by atomic mass is 9.78. The first-order valence-electron chi connectivity index (χ1n) is 15.4. The molecule has 0 fully saturated rings. The second-order valence-corrected chi connectivity index (χ2v) is 10.4. The van der Waals surface area contributed by atoms with E-state index in [9.17, 15) is 2.74 Å². The molecule has 174 valence electrons. The van der Waals surface area contributed by atoms with Gasteiger partial charge in [-0.2, -0.15) is 0 Å². The maximum atomic E-state index is 9.35. The van der Waals surface area contributed by atoms with Crippen molar-refractivity contribution in [2.45, 2.75) is 52.4 Å². The van der Waals surface area contributed by atoms with Crippen LogP contribution in [0.1, 0.15) is 63.6 Å². The van der Waals surface area contributed by atoms with Crippen LogP contribution < -0.4 is 11.1 Å². The van der Waals surface area contributed by atoms with Gasteiger partial charge in [0.15, 0.2) is 0 Å². The summed E-state index contributed by atoms with van der Waals surface area (Å²) in [6.07, 6.45) is 0. The van der Waals surface area contributed by atoms with E-state index in [1.807, 2.05) is 41.5 Å². The molecule has 0 aromatic heterocycles. The standard InChI is InChI=1S/C32H36N2/c1-31(2,3)24-19-23(20-25(21-24)32(4,5)6)27-16-12-15-26(22-13-8-7-9-14-22)30(27)34-29-18-11-10-17-28(29)33/h7-21,34H,33H2,1-6H3/i7D,8D,9D,13D,14D,19D,20D,21D. The van der Waals surface area contributed by atoms with Crippen molar-refractivity contribution in [1.82, 2.24) is 0 Å². The number of rotatable bonds is 4. The Hall–Kier alpha value is -3.52. The summed E-state index contributed by atoms with van der Waals surface area (Å²) < 4.78 is 69.8. The first kappa shape index (κ1) is 15.4. The monoisotopic (exact) mass is 456 g/mol. The Morgan fingerprint density at radius 3 is 1.79 bits per heavy atom. The number of nitrogens with one attached hydrogen (secondary N) is 1. The van der Waals surface area contributed by atoms with Gasteiger partial charge in [-0.3, -0.25) is 0 Å². The van der Waals surface area contributed by atoms with E-state index in [4.69, 9.17) is 14.0 Å². The highest BCUT2D eigenvalue weighted by Crippen LogP contribution is 2.42. The van der Waals surface area contributed by atoms with E-state index in [1.165, 1.54) is 0 Å². The van der Waals surface area contributed by atoms with Gasteiger partial charge in [-0.25, -0.2) is 0 Å². The predicted molar refractivity (Wildman–Crippen MR) is 149 cm³/mol. The quantitative estimate of drug-likeness (QED) is 0.301. The molecule has 0 aliphatic carbocycles. The lowest BCUT2D eigenvalue weighted by molar-refractivity contribution is 0.569. The Morgan fingerprint density at radius 2 is 1.24 bits per heavy atom. The molecule has 2 nitrogen and oxygen atoms in total. The summed E-state index contributed by atoms with van der Waals surface area (Å²) in [4.78, 5) is 0. The Balaban J connectivity index is 2.24. The van der Waals surface area contributed by atoms with E-state index in [0.717, 1.165) is 0 Å². The molecule has 0 amide bonds. The van der Waals surface area contributed by atoms with Gasteiger partial charge >= 0.3 is 0 Å². The van der Waals surface area contributed by atoms with E-state index in [1.54, 1.807) is 42.5 Å². The van der Waals surface area contributed by atoms with Gasteiger partial charge in [-0.1, -0.05) is 120 Å². The summed E-state index contributed by atoms with van der Waals surface area (Å²) in [7, 11) is 0. The molecule has 0 aliphatic heterocycles. The number of hydrogen-bond donors (Lipinski definition) is 2. The van der Waals surface area contributed by atoms with Crippen LogP contribution in [0.4, 0.5) is 17.1 Å². The molecule has 0 saturated carbocycles. The van der Waals surface area contributed by atoms with Crippen LogP contribution in [0, 0.1) is 0 Å². The predicted octanol–water partition coefficient (Wildman–Crippen LogP) is 8.94. The SMILES string of the molecule is [2H]c1c([2H])c([2H])c(-c2cccc(-c3c([2H])c(C(C)(C)C)c([2H])c(C(C)(C)C)c3[2H])c2Nc2ccccc2N)c([2H])c1[2H].